The lowest BCUT2D eigenvalue weighted by Crippen LogP contribution is -2.00. The standard InChI is InChI=1S/C11H11ClN4/c1-14-10-6-9(13)15-11(16-10)7-3-2-4-8(12)5-7/h2-6H,1H3,(H3,13,14,15,16). The van der Waals surface area contributed by atoms with E-state index in [4.69, 9.17) is 17.3 Å². The summed E-state index contributed by atoms with van der Waals surface area (Å²) in [5, 5.41) is 3.58. The van der Waals surface area contributed by atoms with Gasteiger partial charge in [-0.3, -0.25) is 0 Å². The molecule has 5 heteroatoms. The zero-order chi connectivity index (χ0) is 11.5. The second-order valence-electron chi connectivity index (χ2n) is 3.26. The normalized spacial score (nSPS) is 10.1. The summed E-state index contributed by atoms with van der Waals surface area (Å²) in [6.07, 6.45) is 0. The van der Waals surface area contributed by atoms with E-state index in [0.29, 0.717) is 22.5 Å². The molecule has 4 nitrogen and oxygen atoms in total. The first-order valence-electron chi connectivity index (χ1n) is 4.77. The SMILES string of the molecule is CNc1cc(N)nc(-c2cccc(Cl)c2)n1. The zero-order valence-electron chi connectivity index (χ0n) is 8.74. The van der Waals surface area contributed by atoms with Crippen LogP contribution in [0, 0.1) is 0 Å². The summed E-state index contributed by atoms with van der Waals surface area (Å²) in [4.78, 5) is 8.46. The van der Waals surface area contributed by atoms with E-state index in [-0.39, 0.29) is 0 Å². The van der Waals surface area contributed by atoms with Crippen LogP contribution in [0.1, 0.15) is 0 Å². The highest BCUT2D eigenvalue weighted by Crippen LogP contribution is 2.21. The number of rotatable bonds is 2. The molecule has 0 saturated heterocycles. The van der Waals surface area contributed by atoms with Crippen molar-refractivity contribution in [1.29, 1.82) is 0 Å². The number of halogens is 1. The molecule has 1 heterocycles. The molecule has 82 valence electrons. The van der Waals surface area contributed by atoms with Crippen LogP contribution in [0.25, 0.3) is 11.4 Å². The molecule has 0 aliphatic rings. The number of nitrogens with two attached hydrogens (primary N) is 1. The molecular formula is C11H11ClN4. The molecule has 0 bridgehead atoms. The fourth-order valence-corrected chi connectivity index (χ4v) is 1.54. The third-order valence-electron chi connectivity index (χ3n) is 2.08. The molecular weight excluding hydrogens is 224 g/mol. The summed E-state index contributed by atoms with van der Waals surface area (Å²) in [7, 11) is 1.78. The fraction of sp³-hybridized carbons (Fsp3) is 0.0909. The topological polar surface area (TPSA) is 63.8 Å². The van der Waals surface area contributed by atoms with Crippen molar-refractivity contribution in [2.24, 2.45) is 0 Å². The first-order chi connectivity index (χ1) is 7.69. The smallest absolute Gasteiger partial charge is 0.163 e. The molecule has 0 aliphatic heterocycles. The van der Waals surface area contributed by atoms with Gasteiger partial charge in [-0.25, -0.2) is 9.97 Å². The van der Waals surface area contributed by atoms with Gasteiger partial charge in [-0.2, -0.15) is 0 Å². The predicted octanol–water partition coefficient (Wildman–Crippen LogP) is 2.42. The first-order valence-corrected chi connectivity index (χ1v) is 5.15. The Labute approximate surface area is 98.5 Å². The van der Waals surface area contributed by atoms with Crippen molar-refractivity contribution in [1.82, 2.24) is 9.97 Å². The lowest BCUT2D eigenvalue weighted by molar-refractivity contribution is 1.17. The average molecular weight is 235 g/mol. The summed E-state index contributed by atoms with van der Waals surface area (Å²) in [5.41, 5.74) is 6.53. The molecule has 16 heavy (non-hydrogen) atoms. The van der Waals surface area contributed by atoms with Crippen molar-refractivity contribution in [2.45, 2.75) is 0 Å². The maximum atomic E-state index is 5.91. The van der Waals surface area contributed by atoms with Gasteiger partial charge in [0.15, 0.2) is 5.82 Å². The van der Waals surface area contributed by atoms with Gasteiger partial charge in [-0.05, 0) is 12.1 Å². The lowest BCUT2D eigenvalue weighted by Gasteiger charge is -2.05. The molecule has 0 amide bonds. The number of hydrogen-bond donors (Lipinski definition) is 2. The van der Waals surface area contributed by atoms with Crippen LogP contribution in [-0.4, -0.2) is 17.0 Å². The maximum Gasteiger partial charge on any atom is 0.163 e. The Kier molecular flexibility index (Phi) is 2.92. The molecule has 2 aromatic rings. The number of anilines is 2. The van der Waals surface area contributed by atoms with Crippen molar-refractivity contribution in [2.75, 3.05) is 18.1 Å². The molecule has 1 aromatic carbocycles. The van der Waals surface area contributed by atoms with E-state index in [1.807, 2.05) is 12.1 Å². The van der Waals surface area contributed by atoms with Gasteiger partial charge in [0.05, 0.1) is 0 Å². The van der Waals surface area contributed by atoms with Crippen molar-refractivity contribution in [3.05, 3.63) is 35.4 Å². The number of nitrogen functional groups attached to an aromatic ring is 1. The quantitative estimate of drug-likeness (QED) is 0.838. The summed E-state index contributed by atoms with van der Waals surface area (Å²) in [5.74, 6) is 1.67. The molecule has 0 unspecified atom stereocenters. The van der Waals surface area contributed by atoms with Gasteiger partial charge in [0.25, 0.3) is 0 Å². The average Bonchev–Trinajstić information content (AvgIpc) is 2.28. The van der Waals surface area contributed by atoms with Crippen molar-refractivity contribution < 1.29 is 0 Å². The van der Waals surface area contributed by atoms with Crippen molar-refractivity contribution in [3.8, 4) is 11.4 Å². The van der Waals surface area contributed by atoms with Crippen LogP contribution >= 0.6 is 11.6 Å². The number of benzene rings is 1. The van der Waals surface area contributed by atoms with Gasteiger partial charge < -0.3 is 11.1 Å². The van der Waals surface area contributed by atoms with Gasteiger partial charge in [-0.1, -0.05) is 23.7 Å². The molecule has 3 N–H and O–H groups in total. The summed E-state index contributed by atoms with van der Waals surface area (Å²) < 4.78 is 0. The highest BCUT2D eigenvalue weighted by molar-refractivity contribution is 6.30. The lowest BCUT2D eigenvalue weighted by atomic mass is 10.2. The van der Waals surface area contributed by atoms with Crippen molar-refractivity contribution in [3.63, 3.8) is 0 Å². The Morgan fingerprint density at radius 2 is 2.06 bits per heavy atom. The van der Waals surface area contributed by atoms with Gasteiger partial charge in [0, 0.05) is 23.7 Å². The van der Waals surface area contributed by atoms with Crippen molar-refractivity contribution >= 4 is 23.2 Å². The van der Waals surface area contributed by atoms with E-state index in [1.54, 1.807) is 25.2 Å². The van der Waals surface area contributed by atoms with Crippen LogP contribution in [0.2, 0.25) is 5.02 Å². The summed E-state index contributed by atoms with van der Waals surface area (Å²) in [6, 6.07) is 9.02. The predicted molar refractivity (Wildman–Crippen MR) is 66.4 cm³/mol. The molecule has 0 saturated carbocycles. The van der Waals surface area contributed by atoms with E-state index in [0.717, 1.165) is 5.56 Å². The van der Waals surface area contributed by atoms with Gasteiger partial charge >= 0.3 is 0 Å². The van der Waals surface area contributed by atoms with Crippen LogP contribution < -0.4 is 11.1 Å². The molecule has 0 aliphatic carbocycles. The van der Waals surface area contributed by atoms with Crippen LogP contribution in [0.3, 0.4) is 0 Å². The monoisotopic (exact) mass is 234 g/mol. The minimum Gasteiger partial charge on any atom is -0.384 e. The van der Waals surface area contributed by atoms with E-state index >= 15 is 0 Å². The second-order valence-corrected chi connectivity index (χ2v) is 3.70. The second kappa shape index (κ2) is 4.37. The molecule has 1 aromatic heterocycles. The number of hydrogen-bond acceptors (Lipinski definition) is 4. The Hall–Kier alpha value is -1.81. The van der Waals surface area contributed by atoms with Gasteiger partial charge in [-0.15, -0.1) is 0 Å². The fourth-order valence-electron chi connectivity index (χ4n) is 1.35. The number of nitrogens with zero attached hydrogens (tertiary/aromatic N) is 2. The Balaban J connectivity index is 2.51. The highest BCUT2D eigenvalue weighted by Gasteiger charge is 2.04. The molecule has 0 atom stereocenters. The number of aromatic nitrogens is 2. The molecule has 0 radical (unpaired) electrons. The van der Waals surface area contributed by atoms with Gasteiger partial charge in [0.1, 0.15) is 11.6 Å². The van der Waals surface area contributed by atoms with E-state index in [9.17, 15) is 0 Å². The summed E-state index contributed by atoms with van der Waals surface area (Å²) in [6.45, 7) is 0. The molecule has 0 spiro atoms. The number of nitrogens with one attached hydrogen (secondary N) is 1. The third kappa shape index (κ3) is 2.23. The van der Waals surface area contributed by atoms with Crippen LogP contribution in [-0.2, 0) is 0 Å². The minimum absolute atomic E-state index is 0.425. The Morgan fingerprint density at radius 3 is 2.75 bits per heavy atom. The molecule has 2 rings (SSSR count). The highest BCUT2D eigenvalue weighted by atomic mass is 35.5. The van der Waals surface area contributed by atoms with Crippen LogP contribution in [0.15, 0.2) is 30.3 Å². The zero-order valence-corrected chi connectivity index (χ0v) is 9.49. The van der Waals surface area contributed by atoms with E-state index in [2.05, 4.69) is 15.3 Å². The van der Waals surface area contributed by atoms with Gasteiger partial charge in [0.2, 0.25) is 0 Å². The Morgan fingerprint density at radius 1 is 1.25 bits per heavy atom. The van der Waals surface area contributed by atoms with Crippen LogP contribution in [0.5, 0.6) is 0 Å². The minimum atomic E-state index is 0.425. The third-order valence-corrected chi connectivity index (χ3v) is 2.32. The molecule has 0 fully saturated rings. The van der Waals surface area contributed by atoms with E-state index in [1.165, 1.54) is 0 Å². The maximum absolute atomic E-state index is 5.91. The van der Waals surface area contributed by atoms with Crippen LogP contribution in [0.4, 0.5) is 11.6 Å². The largest absolute Gasteiger partial charge is 0.384 e. The van der Waals surface area contributed by atoms with E-state index < -0.39 is 0 Å². The first kappa shape index (κ1) is 10.7. The Bertz CT molecular complexity index is 513. The summed E-state index contributed by atoms with van der Waals surface area (Å²) >= 11 is 5.91.